The summed E-state index contributed by atoms with van der Waals surface area (Å²) in [4.78, 5) is 0. The summed E-state index contributed by atoms with van der Waals surface area (Å²) >= 11 is 0. The van der Waals surface area contributed by atoms with Crippen LogP contribution < -0.4 is 5.32 Å². The number of fused-ring (bicyclic) bond motifs is 1. The summed E-state index contributed by atoms with van der Waals surface area (Å²) in [6.07, 6.45) is 5.65. The van der Waals surface area contributed by atoms with Gasteiger partial charge in [0.05, 0.1) is 0 Å². The molecule has 1 N–H and O–H groups in total. The molecule has 0 aromatic heterocycles. The van der Waals surface area contributed by atoms with Crippen molar-refractivity contribution in [3.8, 4) is 0 Å². The van der Waals surface area contributed by atoms with Gasteiger partial charge in [0.15, 0.2) is 0 Å². The van der Waals surface area contributed by atoms with E-state index >= 15 is 0 Å². The number of hydrogen-bond donors (Lipinski definition) is 1. The summed E-state index contributed by atoms with van der Waals surface area (Å²) in [5.74, 6) is -0.115. The Bertz CT molecular complexity index is 621. The average molecular weight is 283 g/mol. The first kappa shape index (κ1) is 14.3. The molecule has 0 amide bonds. The van der Waals surface area contributed by atoms with Gasteiger partial charge in [-0.2, -0.15) is 0 Å². The second-order valence-corrected chi connectivity index (χ2v) is 5.87. The van der Waals surface area contributed by atoms with Crippen LogP contribution >= 0.6 is 0 Å². The summed E-state index contributed by atoms with van der Waals surface area (Å²) in [7, 11) is 1.95. The van der Waals surface area contributed by atoms with Crippen LogP contribution in [0.1, 0.15) is 41.1 Å². The van der Waals surface area contributed by atoms with Crippen molar-refractivity contribution in [2.45, 2.75) is 38.1 Å². The predicted octanol–water partition coefficient (Wildman–Crippen LogP) is 4.21. The van der Waals surface area contributed by atoms with Gasteiger partial charge in [-0.3, -0.25) is 0 Å². The van der Waals surface area contributed by atoms with Gasteiger partial charge in [0.25, 0.3) is 0 Å². The zero-order valence-electron chi connectivity index (χ0n) is 12.5. The predicted molar refractivity (Wildman–Crippen MR) is 85.0 cm³/mol. The van der Waals surface area contributed by atoms with Gasteiger partial charge in [-0.15, -0.1) is 0 Å². The third-order valence-corrected chi connectivity index (χ3v) is 4.51. The van der Waals surface area contributed by atoms with E-state index in [1.54, 1.807) is 6.07 Å². The average Bonchev–Trinajstić information content (AvgIpc) is 2.54. The van der Waals surface area contributed by atoms with Crippen LogP contribution in [0.2, 0.25) is 0 Å². The van der Waals surface area contributed by atoms with Crippen molar-refractivity contribution in [2.75, 3.05) is 7.05 Å². The molecular weight excluding hydrogens is 261 g/mol. The molecule has 1 aliphatic rings. The van der Waals surface area contributed by atoms with Crippen LogP contribution in [0, 0.1) is 5.82 Å². The molecule has 21 heavy (non-hydrogen) atoms. The summed E-state index contributed by atoms with van der Waals surface area (Å²) in [6, 6.07) is 14.0. The van der Waals surface area contributed by atoms with Crippen LogP contribution in [0.5, 0.6) is 0 Å². The lowest BCUT2D eigenvalue weighted by Gasteiger charge is -2.21. The van der Waals surface area contributed by atoms with Crippen LogP contribution in [0.15, 0.2) is 42.5 Å². The van der Waals surface area contributed by atoms with Crippen LogP contribution in [0.25, 0.3) is 0 Å². The molecule has 2 aromatic rings. The number of rotatable bonds is 4. The maximum absolute atomic E-state index is 13.8. The Hall–Kier alpha value is -1.67. The molecule has 1 unspecified atom stereocenters. The molecule has 110 valence electrons. The molecule has 0 saturated heterocycles. The Balaban J connectivity index is 1.85. The third kappa shape index (κ3) is 3.16. The van der Waals surface area contributed by atoms with E-state index in [0.717, 1.165) is 5.56 Å². The molecule has 0 fully saturated rings. The lowest BCUT2D eigenvalue weighted by atomic mass is 9.88. The van der Waals surface area contributed by atoms with Crippen molar-refractivity contribution < 1.29 is 4.39 Å². The second-order valence-electron chi connectivity index (χ2n) is 5.87. The first-order chi connectivity index (χ1) is 10.3. The minimum absolute atomic E-state index is 0.115. The minimum atomic E-state index is -0.115. The van der Waals surface area contributed by atoms with Gasteiger partial charge >= 0.3 is 0 Å². The van der Waals surface area contributed by atoms with Gasteiger partial charge in [-0.1, -0.05) is 36.4 Å². The molecule has 0 bridgehead atoms. The number of aryl methyl sites for hydroxylation is 2. The lowest BCUT2D eigenvalue weighted by molar-refractivity contribution is 0.553. The van der Waals surface area contributed by atoms with Crippen LogP contribution in [0.4, 0.5) is 4.39 Å². The first-order valence-electron chi connectivity index (χ1n) is 7.80. The van der Waals surface area contributed by atoms with Gasteiger partial charge < -0.3 is 5.32 Å². The quantitative estimate of drug-likeness (QED) is 0.886. The van der Waals surface area contributed by atoms with Crippen molar-refractivity contribution in [3.05, 3.63) is 70.5 Å². The molecule has 2 heteroatoms. The molecule has 0 saturated carbocycles. The third-order valence-electron chi connectivity index (χ3n) is 4.51. The van der Waals surface area contributed by atoms with Gasteiger partial charge in [0.1, 0.15) is 5.82 Å². The highest BCUT2D eigenvalue weighted by molar-refractivity contribution is 5.36. The molecule has 1 aliphatic carbocycles. The maximum atomic E-state index is 13.8. The van der Waals surface area contributed by atoms with Crippen molar-refractivity contribution >= 4 is 0 Å². The molecule has 1 nitrogen and oxygen atoms in total. The normalized spacial score (nSPS) is 15.5. The Kier molecular flexibility index (Phi) is 4.35. The van der Waals surface area contributed by atoms with E-state index in [2.05, 4.69) is 23.5 Å². The number of benzene rings is 2. The number of likely N-dealkylation sites (N-methyl/N-ethyl adjacent to an activating group) is 1. The highest BCUT2D eigenvalue weighted by atomic mass is 19.1. The molecule has 0 heterocycles. The van der Waals surface area contributed by atoms with Gasteiger partial charge in [0, 0.05) is 6.04 Å². The topological polar surface area (TPSA) is 12.0 Å². The zero-order chi connectivity index (χ0) is 14.7. The van der Waals surface area contributed by atoms with Gasteiger partial charge in [0.2, 0.25) is 0 Å². The summed E-state index contributed by atoms with van der Waals surface area (Å²) in [5, 5.41) is 3.33. The fraction of sp³-hybridized carbons (Fsp3) is 0.368. The Morgan fingerprint density at radius 3 is 2.57 bits per heavy atom. The van der Waals surface area contributed by atoms with Crippen LogP contribution in [-0.2, 0) is 19.3 Å². The summed E-state index contributed by atoms with van der Waals surface area (Å²) in [6.45, 7) is 0. The maximum Gasteiger partial charge on any atom is 0.126 e. The molecule has 2 aromatic carbocycles. The molecule has 0 aliphatic heterocycles. The Morgan fingerprint density at radius 1 is 1.05 bits per heavy atom. The van der Waals surface area contributed by atoms with Crippen molar-refractivity contribution in [2.24, 2.45) is 0 Å². The van der Waals surface area contributed by atoms with Crippen LogP contribution in [-0.4, -0.2) is 7.05 Å². The van der Waals surface area contributed by atoms with E-state index < -0.39 is 0 Å². The van der Waals surface area contributed by atoms with E-state index in [4.69, 9.17) is 0 Å². The van der Waals surface area contributed by atoms with Gasteiger partial charge in [-0.05, 0) is 67.5 Å². The molecular formula is C19H22FN. The number of hydrogen-bond acceptors (Lipinski definition) is 1. The van der Waals surface area contributed by atoms with Crippen LogP contribution in [0.3, 0.4) is 0 Å². The largest absolute Gasteiger partial charge is 0.313 e. The van der Waals surface area contributed by atoms with E-state index in [-0.39, 0.29) is 11.9 Å². The smallest absolute Gasteiger partial charge is 0.126 e. The lowest BCUT2D eigenvalue weighted by Crippen LogP contribution is -2.20. The van der Waals surface area contributed by atoms with Crippen molar-refractivity contribution in [3.63, 3.8) is 0 Å². The second kappa shape index (κ2) is 6.40. The fourth-order valence-corrected chi connectivity index (χ4v) is 3.24. The number of nitrogens with one attached hydrogen (secondary N) is 1. The molecule has 0 radical (unpaired) electrons. The standard InChI is InChI=1S/C19H22FN/c1-21-19(13-16-8-4-5-9-18(16)20)17-11-10-14-6-2-3-7-15(14)12-17/h4-5,8-12,19,21H,2-3,6-7,13H2,1H3. The van der Waals surface area contributed by atoms with Crippen molar-refractivity contribution in [1.29, 1.82) is 0 Å². The molecule has 1 atom stereocenters. The summed E-state index contributed by atoms with van der Waals surface area (Å²) < 4.78 is 13.8. The highest BCUT2D eigenvalue weighted by Crippen LogP contribution is 2.26. The molecule has 0 spiro atoms. The fourth-order valence-electron chi connectivity index (χ4n) is 3.24. The number of halogens is 1. The van der Waals surface area contributed by atoms with E-state index in [0.29, 0.717) is 6.42 Å². The Labute approximate surface area is 126 Å². The highest BCUT2D eigenvalue weighted by Gasteiger charge is 2.15. The first-order valence-corrected chi connectivity index (χ1v) is 7.80. The van der Waals surface area contributed by atoms with Crippen molar-refractivity contribution in [1.82, 2.24) is 5.32 Å². The van der Waals surface area contributed by atoms with Gasteiger partial charge in [-0.25, -0.2) is 4.39 Å². The zero-order valence-corrected chi connectivity index (χ0v) is 12.5. The minimum Gasteiger partial charge on any atom is -0.313 e. The SMILES string of the molecule is CNC(Cc1ccccc1F)c1ccc2c(c1)CCCC2. The summed E-state index contributed by atoms with van der Waals surface area (Å²) in [5.41, 5.74) is 5.01. The molecule has 3 rings (SSSR count). The van der Waals surface area contributed by atoms with E-state index in [1.807, 2.05) is 19.2 Å². The monoisotopic (exact) mass is 283 g/mol. The van der Waals surface area contributed by atoms with E-state index in [1.165, 1.54) is 48.4 Å². The Morgan fingerprint density at radius 2 is 1.81 bits per heavy atom. The van der Waals surface area contributed by atoms with E-state index in [9.17, 15) is 4.39 Å².